The van der Waals surface area contributed by atoms with E-state index in [1.54, 1.807) is 16.7 Å². The molecule has 2 aromatic rings. The molecule has 19 heavy (non-hydrogen) atoms. The Kier molecular flexibility index (Phi) is 3.41. The number of hydrogen-bond acceptors (Lipinski definition) is 4. The van der Waals surface area contributed by atoms with Gasteiger partial charge in [-0.2, -0.15) is 4.98 Å². The van der Waals surface area contributed by atoms with Crippen LogP contribution >= 0.6 is 0 Å². The van der Waals surface area contributed by atoms with Gasteiger partial charge in [-0.3, -0.25) is 4.57 Å². The standard InChI is InChI=1S/C13H14N2O4/c1-8(2)15-7-11(12(17)18)14-13(15)19-10-5-3-9(16)4-6-10/h3-8,16H,1-2H3,(H,17,18). The monoisotopic (exact) mass is 262 g/mol. The number of imidazole rings is 1. The molecule has 0 amide bonds. The van der Waals surface area contributed by atoms with Gasteiger partial charge in [0, 0.05) is 12.2 Å². The van der Waals surface area contributed by atoms with Crippen LogP contribution in [0.15, 0.2) is 30.5 Å². The molecule has 0 saturated heterocycles. The molecule has 0 spiro atoms. The number of rotatable bonds is 4. The number of carboxylic acids is 1. The summed E-state index contributed by atoms with van der Waals surface area (Å²) >= 11 is 0. The minimum atomic E-state index is -1.10. The average molecular weight is 262 g/mol. The minimum absolute atomic E-state index is 0.0210. The number of aromatic hydroxyl groups is 1. The molecule has 1 aromatic heterocycles. The summed E-state index contributed by atoms with van der Waals surface area (Å²) in [6.07, 6.45) is 1.43. The van der Waals surface area contributed by atoms with E-state index in [1.807, 2.05) is 13.8 Å². The van der Waals surface area contributed by atoms with Crippen LogP contribution < -0.4 is 4.74 Å². The number of hydrogen-bond donors (Lipinski definition) is 2. The number of carbonyl (C=O) groups is 1. The minimum Gasteiger partial charge on any atom is -0.508 e. The topological polar surface area (TPSA) is 84.6 Å². The molecule has 100 valence electrons. The first-order valence-electron chi connectivity index (χ1n) is 5.76. The first-order valence-corrected chi connectivity index (χ1v) is 5.76. The molecule has 2 rings (SSSR count). The van der Waals surface area contributed by atoms with Gasteiger partial charge in [-0.25, -0.2) is 4.79 Å². The van der Waals surface area contributed by atoms with Crippen molar-refractivity contribution >= 4 is 5.97 Å². The van der Waals surface area contributed by atoms with Crippen LogP contribution in [0.5, 0.6) is 17.5 Å². The Hall–Kier alpha value is -2.50. The van der Waals surface area contributed by atoms with E-state index >= 15 is 0 Å². The SMILES string of the molecule is CC(C)n1cc(C(=O)O)nc1Oc1ccc(O)cc1. The summed E-state index contributed by atoms with van der Waals surface area (Å²) in [6, 6.07) is 6.35. The molecule has 6 nitrogen and oxygen atoms in total. The number of nitrogens with zero attached hydrogens (tertiary/aromatic N) is 2. The van der Waals surface area contributed by atoms with Gasteiger partial charge in [0.05, 0.1) is 0 Å². The van der Waals surface area contributed by atoms with Crippen molar-refractivity contribution in [2.45, 2.75) is 19.9 Å². The molecule has 0 fully saturated rings. The molecule has 1 heterocycles. The van der Waals surface area contributed by atoms with Gasteiger partial charge in [-0.15, -0.1) is 0 Å². The lowest BCUT2D eigenvalue weighted by molar-refractivity contribution is 0.0690. The third kappa shape index (κ3) is 2.85. The van der Waals surface area contributed by atoms with E-state index in [-0.39, 0.29) is 23.5 Å². The van der Waals surface area contributed by atoms with Gasteiger partial charge >= 0.3 is 12.0 Å². The highest BCUT2D eigenvalue weighted by Gasteiger charge is 2.16. The molecule has 6 heteroatoms. The second kappa shape index (κ2) is 5.01. The zero-order valence-electron chi connectivity index (χ0n) is 10.6. The Morgan fingerprint density at radius 2 is 1.95 bits per heavy atom. The highest BCUT2D eigenvalue weighted by Crippen LogP contribution is 2.25. The van der Waals surface area contributed by atoms with Crippen LogP contribution in [0.3, 0.4) is 0 Å². The van der Waals surface area contributed by atoms with Gasteiger partial charge in [0.1, 0.15) is 11.5 Å². The zero-order valence-corrected chi connectivity index (χ0v) is 10.6. The maximum atomic E-state index is 10.9. The Labute approximate surface area is 109 Å². The third-order valence-electron chi connectivity index (χ3n) is 2.52. The van der Waals surface area contributed by atoms with Crippen molar-refractivity contribution < 1.29 is 19.7 Å². The predicted octanol–water partition coefficient (Wildman–Crippen LogP) is 2.66. The van der Waals surface area contributed by atoms with Crippen molar-refractivity contribution in [3.05, 3.63) is 36.2 Å². The number of phenols is 1. The molecule has 0 bridgehead atoms. The van der Waals surface area contributed by atoms with Gasteiger partial charge < -0.3 is 14.9 Å². The number of aromatic nitrogens is 2. The maximum absolute atomic E-state index is 10.9. The molecule has 0 aliphatic heterocycles. The number of phenolic OH excluding ortho intramolecular Hbond substituents is 1. The molecule has 0 aliphatic rings. The summed E-state index contributed by atoms with van der Waals surface area (Å²) in [4.78, 5) is 14.8. The van der Waals surface area contributed by atoms with Crippen LogP contribution in [-0.2, 0) is 0 Å². The molecule has 0 unspecified atom stereocenters. The van der Waals surface area contributed by atoms with Crippen molar-refractivity contribution in [2.24, 2.45) is 0 Å². The van der Waals surface area contributed by atoms with E-state index in [2.05, 4.69) is 4.98 Å². The highest BCUT2D eigenvalue weighted by molar-refractivity contribution is 5.85. The van der Waals surface area contributed by atoms with E-state index in [0.29, 0.717) is 5.75 Å². The molecule has 1 aromatic carbocycles. The Bertz CT molecular complexity index is 587. The van der Waals surface area contributed by atoms with Gasteiger partial charge in [0.2, 0.25) is 0 Å². The van der Waals surface area contributed by atoms with E-state index in [4.69, 9.17) is 9.84 Å². The van der Waals surface area contributed by atoms with Crippen LogP contribution in [0.1, 0.15) is 30.4 Å². The second-order valence-corrected chi connectivity index (χ2v) is 4.31. The Balaban J connectivity index is 2.32. The van der Waals surface area contributed by atoms with Crippen molar-refractivity contribution in [3.63, 3.8) is 0 Å². The molecule has 0 atom stereocenters. The summed E-state index contributed by atoms with van der Waals surface area (Å²) in [5.74, 6) is -0.497. The van der Waals surface area contributed by atoms with Crippen molar-refractivity contribution in [1.82, 2.24) is 9.55 Å². The van der Waals surface area contributed by atoms with Crippen LogP contribution in [0.25, 0.3) is 0 Å². The Morgan fingerprint density at radius 3 is 2.47 bits per heavy atom. The number of aromatic carboxylic acids is 1. The second-order valence-electron chi connectivity index (χ2n) is 4.31. The lowest BCUT2D eigenvalue weighted by atomic mass is 10.3. The summed E-state index contributed by atoms with van der Waals surface area (Å²) in [5, 5.41) is 18.1. The van der Waals surface area contributed by atoms with Crippen LogP contribution in [-0.4, -0.2) is 25.7 Å². The molecular weight excluding hydrogens is 248 g/mol. The fourth-order valence-corrected chi connectivity index (χ4v) is 1.54. The van der Waals surface area contributed by atoms with Crippen LogP contribution in [0.4, 0.5) is 0 Å². The van der Waals surface area contributed by atoms with E-state index in [0.717, 1.165) is 0 Å². The smallest absolute Gasteiger partial charge is 0.356 e. The van der Waals surface area contributed by atoms with Gasteiger partial charge in [0.15, 0.2) is 5.69 Å². The first-order chi connectivity index (χ1) is 8.97. The van der Waals surface area contributed by atoms with Crippen LogP contribution in [0, 0.1) is 0 Å². The van der Waals surface area contributed by atoms with Crippen molar-refractivity contribution in [3.8, 4) is 17.5 Å². The molecule has 0 aliphatic carbocycles. The number of ether oxygens (including phenoxy) is 1. The van der Waals surface area contributed by atoms with E-state index < -0.39 is 5.97 Å². The molecular formula is C13H14N2O4. The maximum Gasteiger partial charge on any atom is 0.356 e. The summed E-state index contributed by atoms with van der Waals surface area (Å²) in [5.41, 5.74) is -0.0671. The third-order valence-corrected chi connectivity index (χ3v) is 2.52. The first kappa shape index (κ1) is 12.9. The molecule has 2 N–H and O–H groups in total. The lowest BCUT2D eigenvalue weighted by Gasteiger charge is -2.11. The summed E-state index contributed by atoms with van der Waals surface area (Å²) < 4.78 is 7.17. The van der Waals surface area contributed by atoms with E-state index in [9.17, 15) is 9.90 Å². The fraction of sp³-hybridized carbons (Fsp3) is 0.231. The fourth-order valence-electron chi connectivity index (χ4n) is 1.54. The van der Waals surface area contributed by atoms with Gasteiger partial charge in [-0.05, 0) is 38.1 Å². The normalized spacial score (nSPS) is 10.7. The van der Waals surface area contributed by atoms with Gasteiger partial charge in [-0.1, -0.05) is 0 Å². The average Bonchev–Trinajstić information content (AvgIpc) is 2.76. The quantitative estimate of drug-likeness (QED) is 0.884. The van der Waals surface area contributed by atoms with Gasteiger partial charge in [0.25, 0.3) is 0 Å². The van der Waals surface area contributed by atoms with Crippen LogP contribution in [0.2, 0.25) is 0 Å². The zero-order chi connectivity index (χ0) is 14.0. The number of carboxylic acid groups (broad SMARTS) is 1. The Morgan fingerprint density at radius 1 is 1.32 bits per heavy atom. The highest BCUT2D eigenvalue weighted by atomic mass is 16.5. The molecule has 0 saturated carbocycles. The largest absolute Gasteiger partial charge is 0.508 e. The van der Waals surface area contributed by atoms with Crippen molar-refractivity contribution in [1.29, 1.82) is 0 Å². The predicted molar refractivity (Wildman–Crippen MR) is 67.8 cm³/mol. The lowest BCUT2D eigenvalue weighted by Crippen LogP contribution is -2.02. The number of benzene rings is 1. The summed E-state index contributed by atoms with van der Waals surface area (Å²) in [7, 11) is 0. The van der Waals surface area contributed by atoms with Crippen molar-refractivity contribution in [2.75, 3.05) is 0 Å². The van der Waals surface area contributed by atoms with E-state index in [1.165, 1.54) is 18.3 Å². The summed E-state index contributed by atoms with van der Waals surface area (Å²) in [6.45, 7) is 3.80. The molecule has 0 radical (unpaired) electrons.